The van der Waals surface area contributed by atoms with Crippen LogP contribution < -0.4 is 0 Å². The van der Waals surface area contributed by atoms with E-state index in [1.807, 2.05) is 25.1 Å². The van der Waals surface area contributed by atoms with E-state index in [2.05, 4.69) is 31.9 Å². The van der Waals surface area contributed by atoms with E-state index in [9.17, 15) is 9.90 Å². The van der Waals surface area contributed by atoms with Crippen LogP contribution in [0.3, 0.4) is 0 Å². The predicted molar refractivity (Wildman–Crippen MR) is 85.0 cm³/mol. The lowest BCUT2D eigenvalue weighted by Gasteiger charge is -2.16. The lowest BCUT2D eigenvalue weighted by molar-refractivity contribution is -0.142. The second-order valence-electron chi connectivity index (χ2n) is 5.72. The number of carboxylic acids is 1. The van der Waals surface area contributed by atoms with Gasteiger partial charge < -0.3 is 5.11 Å². The average Bonchev–Trinajstić information content (AvgIpc) is 2.83. The fraction of sp³-hybridized carbons (Fsp3) is 0.375. The summed E-state index contributed by atoms with van der Waals surface area (Å²) in [6.07, 6.45) is 1.80. The summed E-state index contributed by atoms with van der Waals surface area (Å²) in [5.41, 5.74) is 2.13. The van der Waals surface area contributed by atoms with E-state index in [-0.39, 0.29) is 11.8 Å². The van der Waals surface area contributed by atoms with E-state index in [1.165, 1.54) is 0 Å². The van der Waals surface area contributed by atoms with E-state index in [4.69, 9.17) is 0 Å². The van der Waals surface area contributed by atoms with Crippen molar-refractivity contribution >= 4 is 32.8 Å². The number of halogens is 1. The van der Waals surface area contributed by atoms with E-state index >= 15 is 0 Å². The molecule has 4 nitrogen and oxygen atoms in total. The summed E-state index contributed by atoms with van der Waals surface area (Å²) in [6, 6.07) is 8.07. The molecule has 1 fully saturated rings. The van der Waals surface area contributed by atoms with Crippen LogP contribution in [0.2, 0.25) is 0 Å². The summed E-state index contributed by atoms with van der Waals surface area (Å²) in [5, 5.41) is 10.3. The fourth-order valence-electron chi connectivity index (χ4n) is 3.08. The third-order valence-electron chi connectivity index (χ3n) is 4.20. The molecule has 2 heterocycles. The predicted octanol–water partition coefficient (Wildman–Crippen LogP) is 3.15. The van der Waals surface area contributed by atoms with E-state index in [1.54, 1.807) is 6.20 Å². The van der Waals surface area contributed by atoms with Gasteiger partial charge in [-0.3, -0.25) is 14.7 Å². The van der Waals surface area contributed by atoms with Crippen LogP contribution in [0.5, 0.6) is 0 Å². The molecule has 1 aliphatic rings. The van der Waals surface area contributed by atoms with Crippen molar-refractivity contribution < 1.29 is 9.90 Å². The van der Waals surface area contributed by atoms with Gasteiger partial charge in [-0.05, 0) is 23.6 Å². The molecular formula is C16H17BrN2O2. The SMILES string of the molecule is C[C@@H]1CN(Cc2ccc(Br)c3cccnc23)C[C@H]1C(=O)O. The first-order valence-electron chi connectivity index (χ1n) is 7.03. The number of pyridine rings is 1. The topological polar surface area (TPSA) is 53.4 Å². The number of hydrogen-bond donors (Lipinski definition) is 1. The van der Waals surface area contributed by atoms with E-state index < -0.39 is 5.97 Å². The minimum absolute atomic E-state index is 0.192. The summed E-state index contributed by atoms with van der Waals surface area (Å²) in [7, 11) is 0. The first kappa shape index (κ1) is 14.5. The van der Waals surface area contributed by atoms with Crippen molar-refractivity contribution in [1.82, 2.24) is 9.88 Å². The molecule has 1 aliphatic heterocycles. The third kappa shape index (κ3) is 2.80. The zero-order valence-electron chi connectivity index (χ0n) is 11.8. The lowest BCUT2D eigenvalue weighted by atomic mass is 9.99. The zero-order valence-corrected chi connectivity index (χ0v) is 13.4. The zero-order chi connectivity index (χ0) is 15.0. The van der Waals surface area contributed by atoms with Gasteiger partial charge in [0, 0.05) is 35.7 Å². The summed E-state index contributed by atoms with van der Waals surface area (Å²) in [5.74, 6) is -0.763. The highest BCUT2D eigenvalue weighted by molar-refractivity contribution is 9.10. The minimum Gasteiger partial charge on any atom is -0.481 e. The van der Waals surface area contributed by atoms with Crippen LogP contribution in [0.4, 0.5) is 0 Å². The Kier molecular flexibility index (Phi) is 3.95. The Balaban J connectivity index is 1.87. The molecule has 1 aromatic carbocycles. The number of carbonyl (C=O) groups is 1. The van der Waals surface area contributed by atoms with Gasteiger partial charge in [-0.2, -0.15) is 0 Å². The van der Waals surface area contributed by atoms with Gasteiger partial charge in [0.25, 0.3) is 0 Å². The maximum atomic E-state index is 11.2. The highest BCUT2D eigenvalue weighted by Crippen LogP contribution is 2.29. The van der Waals surface area contributed by atoms with Gasteiger partial charge in [-0.1, -0.05) is 35.0 Å². The first-order chi connectivity index (χ1) is 10.1. The Morgan fingerprint density at radius 2 is 2.24 bits per heavy atom. The quantitative estimate of drug-likeness (QED) is 0.925. The molecule has 21 heavy (non-hydrogen) atoms. The summed E-state index contributed by atoms with van der Waals surface area (Å²) in [4.78, 5) is 17.9. The summed E-state index contributed by atoms with van der Waals surface area (Å²) < 4.78 is 1.03. The van der Waals surface area contributed by atoms with E-state index in [0.717, 1.165) is 34.0 Å². The molecule has 1 N–H and O–H groups in total. The molecule has 0 unspecified atom stereocenters. The minimum atomic E-state index is -0.691. The second kappa shape index (κ2) is 5.73. The van der Waals surface area contributed by atoms with Crippen LogP contribution in [0.15, 0.2) is 34.9 Å². The number of carboxylic acid groups (broad SMARTS) is 1. The van der Waals surface area contributed by atoms with Crippen molar-refractivity contribution in [3.05, 3.63) is 40.5 Å². The summed E-state index contributed by atoms with van der Waals surface area (Å²) >= 11 is 3.55. The molecule has 0 amide bonds. The number of nitrogens with zero attached hydrogens (tertiary/aromatic N) is 2. The van der Waals surface area contributed by atoms with Crippen LogP contribution in [0.1, 0.15) is 12.5 Å². The van der Waals surface area contributed by atoms with Crippen LogP contribution in [-0.4, -0.2) is 34.0 Å². The summed E-state index contributed by atoms with van der Waals surface area (Å²) in [6.45, 7) is 4.19. The number of hydrogen-bond acceptors (Lipinski definition) is 3. The maximum Gasteiger partial charge on any atom is 0.308 e. The van der Waals surface area contributed by atoms with E-state index in [0.29, 0.717) is 6.54 Å². The van der Waals surface area contributed by atoms with Crippen LogP contribution in [0, 0.1) is 11.8 Å². The van der Waals surface area contributed by atoms with Crippen molar-refractivity contribution in [3.63, 3.8) is 0 Å². The molecule has 2 atom stereocenters. The normalized spacial score (nSPS) is 22.8. The Morgan fingerprint density at radius 3 is 2.95 bits per heavy atom. The van der Waals surface area contributed by atoms with Crippen molar-refractivity contribution in [1.29, 1.82) is 0 Å². The van der Waals surface area contributed by atoms with Gasteiger partial charge >= 0.3 is 5.97 Å². The number of fused-ring (bicyclic) bond motifs is 1. The molecule has 0 radical (unpaired) electrons. The van der Waals surface area contributed by atoms with Gasteiger partial charge in [0.15, 0.2) is 0 Å². The van der Waals surface area contributed by atoms with Crippen molar-refractivity contribution in [2.24, 2.45) is 11.8 Å². The molecule has 0 spiro atoms. The van der Waals surface area contributed by atoms with Gasteiger partial charge in [-0.15, -0.1) is 0 Å². The Bertz CT molecular complexity index is 689. The number of aliphatic carboxylic acids is 1. The Hall–Kier alpha value is -1.46. The smallest absolute Gasteiger partial charge is 0.308 e. The van der Waals surface area contributed by atoms with Gasteiger partial charge in [0.2, 0.25) is 0 Å². The van der Waals surface area contributed by atoms with Gasteiger partial charge in [-0.25, -0.2) is 0 Å². The maximum absolute atomic E-state index is 11.2. The number of aromatic nitrogens is 1. The lowest BCUT2D eigenvalue weighted by Crippen LogP contribution is -2.23. The molecule has 3 rings (SSSR count). The average molecular weight is 349 g/mol. The molecule has 0 bridgehead atoms. The molecule has 0 saturated carbocycles. The van der Waals surface area contributed by atoms with Gasteiger partial charge in [0.05, 0.1) is 11.4 Å². The largest absolute Gasteiger partial charge is 0.481 e. The van der Waals surface area contributed by atoms with Crippen molar-refractivity contribution in [3.8, 4) is 0 Å². The molecule has 2 aromatic rings. The molecule has 1 saturated heterocycles. The highest BCUT2D eigenvalue weighted by Gasteiger charge is 2.34. The molecule has 1 aromatic heterocycles. The van der Waals surface area contributed by atoms with Crippen LogP contribution in [-0.2, 0) is 11.3 Å². The molecule has 5 heteroatoms. The molecule has 110 valence electrons. The molecular weight excluding hydrogens is 332 g/mol. The second-order valence-corrected chi connectivity index (χ2v) is 6.58. The standard InChI is InChI=1S/C16H17BrN2O2/c1-10-7-19(9-13(10)16(20)21)8-11-4-5-14(17)12-3-2-6-18-15(11)12/h2-6,10,13H,7-9H2,1H3,(H,20,21)/t10-,13-/m1/s1. The van der Waals surface area contributed by atoms with Crippen molar-refractivity contribution in [2.75, 3.05) is 13.1 Å². The number of likely N-dealkylation sites (tertiary alicyclic amines) is 1. The number of benzene rings is 1. The molecule has 0 aliphatic carbocycles. The monoisotopic (exact) mass is 348 g/mol. The Morgan fingerprint density at radius 1 is 1.43 bits per heavy atom. The Labute approximate surface area is 131 Å². The van der Waals surface area contributed by atoms with Crippen LogP contribution in [0.25, 0.3) is 10.9 Å². The van der Waals surface area contributed by atoms with Gasteiger partial charge in [0.1, 0.15) is 0 Å². The third-order valence-corrected chi connectivity index (χ3v) is 4.89. The fourth-order valence-corrected chi connectivity index (χ4v) is 3.53. The van der Waals surface area contributed by atoms with Crippen molar-refractivity contribution in [2.45, 2.75) is 13.5 Å². The van der Waals surface area contributed by atoms with Crippen LogP contribution >= 0.6 is 15.9 Å². The first-order valence-corrected chi connectivity index (χ1v) is 7.83. The highest BCUT2D eigenvalue weighted by atomic mass is 79.9. The number of rotatable bonds is 3.